The van der Waals surface area contributed by atoms with Crippen molar-refractivity contribution in [3.8, 4) is 11.5 Å². The molecular formula is C22H22N2O5S. The van der Waals surface area contributed by atoms with E-state index in [4.69, 9.17) is 14.2 Å². The van der Waals surface area contributed by atoms with E-state index in [2.05, 4.69) is 11.6 Å². The highest BCUT2D eigenvalue weighted by molar-refractivity contribution is 7.16. The van der Waals surface area contributed by atoms with Gasteiger partial charge in [0.25, 0.3) is 5.91 Å². The average Bonchev–Trinajstić information content (AvgIpc) is 3.09. The maximum atomic E-state index is 12.9. The Balaban J connectivity index is 2.13. The smallest absolute Gasteiger partial charge is 0.338 e. The summed E-state index contributed by atoms with van der Waals surface area (Å²) in [6.07, 6.45) is 1.72. The highest BCUT2D eigenvalue weighted by atomic mass is 32.1. The summed E-state index contributed by atoms with van der Waals surface area (Å²) in [5.74, 6) is 0.0914. The fourth-order valence-electron chi connectivity index (χ4n) is 2.93. The lowest BCUT2D eigenvalue weighted by Crippen LogP contribution is -2.16. The molecule has 0 radical (unpaired) electrons. The van der Waals surface area contributed by atoms with E-state index >= 15 is 0 Å². The van der Waals surface area contributed by atoms with Gasteiger partial charge in [-0.2, -0.15) is 4.99 Å². The molecule has 0 bridgehead atoms. The molecule has 2 aromatic carbocycles. The first-order chi connectivity index (χ1) is 14.5. The van der Waals surface area contributed by atoms with Crippen molar-refractivity contribution in [2.45, 2.75) is 13.5 Å². The monoisotopic (exact) mass is 426 g/mol. The van der Waals surface area contributed by atoms with Crippen molar-refractivity contribution >= 4 is 33.4 Å². The number of ether oxygens (including phenoxy) is 3. The number of hydrogen-bond donors (Lipinski definition) is 0. The number of carbonyl (C=O) groups is 2. The van der Waals surface area contributed by atoms with Crippen LogP contribution in [-0.4, -0.2) is 37.3 Å². The molecule has 1 aromatic heterocycles. The molecule has 0 saturated heterocycles. The van der Waals surface area contributed by atoms with Crippen molar-refractivity contribution in [3.05, 3.63) is 65.0 Å². The van der Waals surface area contributed by atoms with Gasteiger partial charge in [0.05, 0.1) is 42.2 Å². The number of rotatable bonds is 7. The summed E-state index contributed by atoms with van der Waals surface area (Å²) in [7, 11) is 3.02. The van der Waals surface area contributed by atoms with Crippen LogP contribution in [0.15, 0.2) is 54.0 Å². The van der Waals surface area contributed by atoms with Gasteiger partial charge in [-0.25, -0.2) is 4.79 Å². The number of aromatic nitrogens is 1. The molecule has 1 amide bonds. The molecule has 0 spiro atoms. The van der Waals surface area contributed by atoms with Crippen LogP contribution in [0, 0.1) is 0 Å². The molecule has 3 rings (SSSR count). The van der Waals surface area contributed by atoms with Gasteiger partial charge in [0.1, 0.15) is 11.5 Å². The molecule has 8 heteroatoms. The Morgan fingerprint density at radius 1 is 1.17 bits per heavy atom. The molecule has 30 heavy (non-hydrogen) atoms. The third-order valence-corrected chi connectivity index (χ3v) is 5.38. The second-order valence-corrected chi connectivity index (χ2v) is 7.18. The van der Waals surface area contributed by atoms with Crippen LogP contribution in [0.3, 0.4) is 0 Å². The number of thiazole rings is 1. The number of methoxy groups -OCH3 is 2. The normalized spacial score (nSPS) is 11.4. The molecule has 0 aliphatic heterocycles. The van der Waals surface area contributed by atoms with Gasteiger partial charge in [-0.05, 0) is 43.3 Å². The topological polar surface area (TPSA) is 79.1 Å². The van der Waals surface area contributed by atoms with Gasteiger partial charge in [-0.1, -0.05) is 17.4 Å². The van der Waals surface area contributed by atoms with Gasteiger partial charge in [0.2, 0.25) is 0 Å². The SMILES string of the molecule is C=CCn1c(=NC(=O)c2cc(OC)ccc2OC)sc2cc(C(=O)OCC)ccc21. The fraction of sp³-hybridized carbons (Fsp3) is 0.227. The number of benzene rings is 2. The summed E-state index contributed by atoms with van der Waals surface area (Å²) in [5, 5.41) is 0. The van der Waals surface area contributed by atoms with Gasteiger partial charge >= 0.3 is 5.97 Å². The van der Waals surface area contributed by atoms with Crippen molar-refractivity contribution in [2.24, 2.45) is 4.99 Å². The van der Waals surface area contributed by atoms with Crippen LogP contribution in [0.4, 0.5) is 0 Å². The molecule has 0 fully saturated rings. The summed E-state index contributed by atoms with van der Waals surface area (Å²) in [6.45, 7) is 6.31. The summed E-state index contributed by atoms with van der Waals surface area (Å²) >= 11 is 1.31. The van der Waals surface area contributed by atoms with Crippen LogP contribution < -0.4 is 14.3 Å². The molecule has 7 nitrogen and oxygen atoms in total. The largest absolute Gasteiger partial charge is 0.497 e. The average molecular weight is 426 g/mol. The Labute approximate surface area is 177 Å². The first-order valence-electron chi connectivity index (χ1n) is 9.24. The standard InChI is InChI=1S/C22H22N2O5S/c1-5-11-24-17-9-7-14(21(26)29-6-2)12-19(17)30-22(24)23-20(25)16-13-15(27-3)8-10-18(16)28-4/h5,7-10,12-13H,1,6,11H2,2-4H3. The molecule has 0 N–H and O–H groups in total. The maximum Gasteiger partial charge on any atom is 0.338 e. The Morgan fingerprint density at radius 3 is 2.63 bits per heavy atom. The zero-order valence-electron chi connectivity index (χ0n) is 17.0. The van der Waals surface area contributed by atoms with Gasteiger partial charge in [0.15, 0.2) is 4.80 Å². The number of allylic oxidation sites excluding steroid dienone is 1. The number of amides is 1. The second kappa shape index (κ2) is 9.41. The minimum atomic E-state index is -0.458. The number of hydrogen-bond acceptors (Lipinski definition) is 6. The highest BCUT2D eigenvalue weighted by Crippen LogP contribution is 2.25. The quantitative estimate of drug-likeness (QED) is 0.424. The van der Waals surface area contributed by atoms with Crippen molar-refractivity contribution in [2.75, 3.05) is 20.8 Å². The number of carbonyl (C=O) groups excluding carboxylic acids is 2. The van der Waals surface area contributed by atoms with Crippen LogP contribution in [0.5, 0.6) is 11.5 Å². The van der Waals surface area contributed by atoms with Crippen LogP contribution >= 0.6 is 11.3 Å². The molecule has 0 aliphatic rings. The van der Waals surface area contributed by atoms with Crippen molar-refractivity contribution in [1.82, 2.24) is 4.57 Å². The first-order valence-corrected chi connectivity index (χ1v) is 10.1. The van der Waals surface area contributed by atoms with E-state index in [1.54, 1.807) is 43.3 Å². The molecule has 0 saturated carbocycles. The lowest BCUT2D eigenvalue weighted by atomic mass is 10.2. The van der Waals surface area contributed by atoms with Crippen molar-refractivity contribution in [3.63, 3.8) is 0 Å². The summed E-state index contributed by atoms with van der Waals surface area (Å²) in [4.78, 5) is 29.8. The van der Waals surface area contributed by atoms with Crippen LogP contribution in [0.25, 0.3) is 10.2 Å². The van der Waals surface area contributed by atoms with Crippen molar-refractivity contribution in [1.29, 1.82) is 0 Å². The summed E-state index contributed by atoms with van der Waals surface area (Å²) in [6, 6.07) is 10.2. The maximum absolute atomic E-state index is 12.9. The Hall–Kier alpha value is -3.39. The number of nitrogens with zero attached hydrogens (tertiary/aromatic N) is 2. The van der Waals surface area contributed by atoms with E-state index < -0.39 is 11.9 Å². The lowest BCUT2D eigenvalue weighted by molar-refractivity contribution is 0.0526. The van der Waals surface area contributed by atoms with E-state index in [9.17, 15) is 9.59 Å². The third-order valence-electron chi connectivity index (χ3n) is 4.34. The Bertz CT molecular complexity index is 1180. The second-order valence-electron chi connectivity index (χ2n) is 6.17. The van der Waals surface area contributed by atoms with E-state index in [1.807, 2.05) is 10.6 Å². The molecule has 156 valence electrons. The lowest BCUT2D eigenvalue weighted by Gasteiger charge is -2.07. The van der Waals surface area contributed by atoms with Gasteiger partial charge in [-0.3, -0.25) is 4.79 Å². The summed E-state index contributed by atoms with van der Waals surface area (Å²) in [5.41, 5.74) is 1.59. The highest BCUT2D eigenvalue weighted by Gasteiger charge is 2.15. The van der Waals surface area contributed by atoms with Gasteiger partial charge in [0, 0.05) is 6.54 Å². The van der Waals surface area contributed by atoms with Gasteiger partial charge in [-0.15, -0.1) is 6.58 Å². The Kier molecular flexibility index (Phi) is 6.68. The first kappa shape index (κ1) is 21.3. The molecule has 0 unspecified atom stereocenters. The number of fused-ring (bicyclic) bond motifs is 1. The van der Waals surface area contributed by atoms with E-state index in [1.165, 1.54) is 25.6 Å². The third kappa shape index (κ3) is 4.28. The van der Waals surface area contributed by atoms with Crippen LogP contribution in [0.1, 0.15) is 27.6 Å². The molecule has 0 aliphatic carbocycles. The van der Waals surface area contributed by atoms with E-state index in [-0.39, 0.29) is 0 Å². The fourth-order valence-corrected chi connectivity index (χ4v) is 4.01. The van der Waals surface area contributed by atoms with Gasteiger partial charge < -0.3 is 18.8 Å². The van der Waals surface area contributed by atoms with Crippen molar-refractivity contribution < 1.29 is 23.8 Å². The predicted molar refractivity (Wildman–Crippen MR) is 115 cm³/mol. The zero-order valence-corrected chi connectivity index (χ0v) is 17.8. The Morgan fingerprint density at radius 2 is 1.97 bits per heavy atom. The molecule has 0 atom stereocenters. The van der Waals surface area contributed by atoms with Crippen LogP contribution in [-0.2, 0) is 11.3 Å². The zero-order chi connectivity index (χ0) is 21.7. The molecular weight excluding hydrogens is 404 g/mol. The summed E-state index contributed by atoms with van der Waals surface area (Å²) < 4.78 is 18.3. The van der Waals surface area contributed by atoms with E-state index in [0.717, 1.165) is 10.2 Å². The van der Waals surface area contributed by atoms with E-state index in [0.29, 0.717) is 40.6 Å². The molecule has 1 heterocycles. The minimum absolute atomic E-state index is 0.298. The van der Waals surface area contributed by atoms with Crippen LogP contribution in [0.2, 0.25) is 0 Å². The predicted octanol–water partition coefficient (Wildman–Crippen LogP) is 3.82. The number of esters is 1. The minimum Gasteiger partial charge on any atom is -0.497 e. The molecule has 3 aromatic rings.